The van der Waals surface area contributed by atoms with Crippen LogP contribution in [0.5, 0.6) is 11.5 Å². The van der Waals surface area contributed by atoms with E-state index in [-0.39, 0.29) is 5.91 Å². The molecule has 0 aliphatic heterocycles. The molecule has 0 atom stereocenters. The lowest BCUT2D eigenvalue weighted by Gasteiger charge is -2.05. The number of carbonyl (C=O) groups is 1. The third kappa shape index (κ3) is 4.76. The molecule has 0 aliphatic rings. The van der Waals surface area contributed by atoms with E-state index in [2.05, 4.69) is 20.7 Å². The number of rotatable bonds is 8. The van der Waals surface area contributed by atoms with Crippen molar-refractivity contribution in [2.45, 2.75) is 13.8 Å². The summed E-state index contributed by atoms with van der Waals surface area (Å²) in [5.41, 5.74) is 5.14. The lowest BCUT2D eigenvalue weighted by molar-refractivity contribution is 0.0950. The molecule has 2 aromatic carbocycles. The second-order valence-electron chi connectivity index (χ2n) is 5.79. The van der Waals surface area contributed by atoms with Crippen LogP contribution in [0.1, 0.15) is 29.9 Å². The maximum atomic E-state index is 12.3. The average Bonchev–Trinajstić information content (AvgIpc) is 3.21. The highest BCUT2D eigenvalue weighted by Gasteiger charge is 2.10. The number of nitrogens with zero attached hydrogens (tertiary/aromatic N) is 2. The normalized spacial score (nSPS) is 10.8. The molecule has 1 aromatic heterocycles. The fraction of sp³-hybridized carbons (Fsp3) is 0.190. The number of ether oxygens (including phenoxy) is 2. The van der Waals surface area contributed by atoms with Gasteiger partial charge in [0.2, 0.25) is 0 Å². The van der Waals surface area contributed by atoms with Crippen LogP contribution in [-0.2, 0) is 0 Å². The van der Waals surface area contributed by atoms with Gasteiger partial charge in [-0.2, -0.15) is 10.2 Å². The van der Waals surface area contributed by atoms with Gasteiger partial charge in [0.15, 0.2) is 0 Å². The molecule has 7 heteroatoms. The molecule has 0 fully saturated rings. The molecule has 0 aliphatic carbocycles. The van der Waals surface area contributed by atoms with Crippen LogP contribution >= 0.6 is 0 Å². The second-order valence-corrected chi connectivity index (χ2v) is 5.79. The first-order valence-electron chi connectivity index (χ1n) is 9.05. The highest BCUT2D eigenvalue weighted by atomic mass is 16.5. The zero-order valence-electron chi connectivity index (χ0n) is 15.8. The summed E-state index contributed by atoms with van der Waals surface area (Å²) >= 11 is 0. The van der Waals surface area contributed by atoms with Gasteiger partial charge in [-0.3, -0.25) is 9.89 Å². The van der Waals surface area contributed by atoms with Crippen LogP contribution in [0.15, 0.2) is 59.7 Å². The number of hydrogen-bond donors (Lipinski definition) is 2. The Bertz CT molecular complexity index is 948. The standard InChI is InChI=1S/C21H22N4O3/c1-3-27-17-11-9-15(10-12-17)18-13-19(24-23-18)21(26)25-22-14-16-7-5-6-8-20(16)28-4-2/h5-14H,3-4H2,1-2H3,(H,23,24)(H,25,26). The van der Waals surface area contributed by atoms with E-state index in [4.69, 9.17) is 9.47 Å². The Morgan fingerprint density at radius 3 is 2.61 bits per heavy atom. The molecule has 0 saturated carbocycles. The molecule has 0 spiro atoms. The van der Waals surface area contributed by atoms with Gasteiger partial charge in [-0.25, -0.2) is 5.43 Å². The van der Waals surface area contributed by atoms with Crippen molar-refractivity contribution in [3.63, 3.8) is 0 Å². The van der Waals surface area contributed by atoms with Crippen LogP contribution in [0, 0.1) is 0 Å². The molecule has 144 valence electrons. The number of carbonyl (C=O) groups excluding carboxylic acids is 1. The van der Waals surface area contributed by atoms with Gasteiger partial charge in [-0.1, -0.05) is 12.1 Å². The first-order valence-corrected chi connectivity index (χ1v) is 9.05. The van der Waals surface area contributed by atoms with Crippen LogP contribution in [0.3, 0.4) is 0 Å². The molecular weight excluding hydrogens is 356 g/mol. The van der Waals surface area contributed by atoms with Gasteiger partial charge < -0.3 is 9.47 Å². The van der Waals surface area contributed by atoms with Gasteiger partial charge in [0, 0.05) is 11.1 Å². The number of para-hydroxylation sites is 1. The molecule has 3 aromatic rings. The number of hydrazone groups is 1. The van der Waals surface area contributed by atoms with E-state index in [9.17, 15) is 4.79 Å². The predicted molar refractivity (Wildman–Crippen MR) is 108 cm³/mol. The Kier molecular flexibility index (Phi) is 6.41. The Hall–Kier alpha value is -3.61. The minimum atomic E-state index is -0.380. The SMILES string of the molecule is CCOc1ccc(-c2cc(C(=O)NN=Cc3ccccc3OCC)[nH]n2)cc1. The van der Waals surface area contributed by atoms with Crippen molar-refractivity contribution in [1.29, 1.82) is 0 Å². The Balaban J connectivity index is 1.64. The number of nitrogens with one attached hydrogen (secondary N) is 2. The van der Waals surface area contributed by atoms with E-state index in [1.54, 1.807) is 12.3 Å². The molecule has 0 radical (unpaired) electrons. The minimum Gasteiger partial charge on any atom is -0.494 e. The smallest absolute Gasteiger partial charge is 0.289 e. The lowest BCUT2D eigenvalue weighted by Crippen LogP contribution is -2.18. The molecule has 1 amide bonds. The van der Waals surface area contributed by atoms with E-state index in [1.165, 1.54) is 0 Å². The van der Waals surface area contributed by atoms with Crippen molar-refractivity contribution < 1.29 is 14.3 Å². The molecule has 0 bridgehead atoms. The molecule has 0 unspecified atom stereocenters. The number of H-pyrrole nitrogens is 1. The summed E-state index contributed by atoms with van der Waals surface area (Å²) in [7, 11) is 0. The summed E-state index contributed by atoms with van der Waals surface area (Å²) in [6.45, 7) is 5.02. The second kappa shape index (κ2) is 9.36. The number of hydrogen-bond acceptors (Lipinski definition) is 5. The number of amides is 1. The van der Waals surface area contributed by atoms with Crippen LogP contribution in [0.4, 0.5) is 0 Å². The molecule has 7 nitrogen and oxygen atoms in total. The lowest BCUT2D eigenvalue weighted by atomic mass is 10.1. The molecule has 3 rings (SSSR count). The van der Waals surface area contributed by atoms with Gasteiger partial charge in [0.1, 0.15) is 17.2 Å². The number of benzene rings is 2. The fourth-order valence-corrected chi connectivity index (χ4v) is 2.57. The van der Waals surface area contributed by atoms with Gasteiger partial charge >= 0.3 is 0 Å². The highest BCUT2D eigenvalue weighted by Crippen LogP contribution is 2.21. The van der Waals surface area contributed by atoms with Crippen molar-refractivity contribution in [2.75, 3.05) is 13.2 Å². The Morgan fingerprint density at radius 2 is 1.86 bits per heavy atom. The predicted octanol–water partition coefficient (Wildman–Crippen LogP) is 3.64. The summed E-state index contributed by atoms with van der Waals surface area (Å²) in [6, 6.07) is 16.7. The summed E-state index contributed by atoms with van der Waals surface area (Å²) in [4.78, 5) is 12.3. The van der Waals surface area contributed by atoms with E-state index in [0.717, 1.165) is 16.9 Å². The molecule has 2 N–H and O–H groups in total. The van der Waals surface area contributed by atoms with E-state index in [0.29, 0.717) is 30.4 Å². The summed E-state index contributed by atoms with van der Waals surface area (Å²) in [5, 5.41) is 10.9. The van der Waals surface area contributed by atoms with Crippen LogP contribution in [-0.4, -0.2) is 35.5 Å². The van der Waals surface area contributed by atoms with Crippen molar-refractivity contribution in [2.24, 2.45) is 5.10 Å². The van der Waals surface area contributed by atoms with Gasteiger partial charge in [0.25, 0.3) is 5.91 Å². The van der Waals surface area contributed by atoms with E-state index in [1.807, 2.05) is 62.4 Å². The summed E-state index contributed by atoms with van der Waals surface area (Å²) in [6.07, 6.45) is 1.55. The van der Waals surface area contributed by atoms with Crippen molar-refractivity contribution in [3.05, 3.63) is 65.9 Å². The van der Waals surface area contributed by atoms with Gasteiger partial charge in [0.05, 0.1) is 25.1 Å². The maximum absolute atomic E-state index is 12.3. The fourth-order valence-electron chi connectivity index (χ4n) is 2.57. The zero-order chi connectivity index (χ0) is 19.8. The number of aromatic amines is 1. The quantitative estimate of drug-likeness (QED) is 0.463. The monoisotopic (exact) mass is 378 g/mol. The van der Waals surface area contributed by atoms with E-state index >= 15 is 0 Å². The summed E-state index contributed by atoms with van der Waals surface area (Å²) < 4.78 is 11.0. The Morgan fingerprint density at radius 1 is 1.11 bits per heavy atom. The first kappa shape index (κ1) is 19.2. The molecule has 1 heterocycles. The third-order valence-electron chi connectivity index (χ3n) is 3.87. The van der Waals surface area contributed by atoms with Crippen LogP contribution in [0.2, 0.25) is 0 Å². The van der Waals surface area contributed by atoms with Crippen molar-refractivity contribution in [1.82, 2.24) is 15.6 Å². The molecule has 28 heavy (non-hydrogen) atoms. The van der Waals surface area contributed by atoms with Gasteiger partial charge in [-0.15, -0.1) is 0 Å². The topological polar surface area (TPSA) is 88.6 Å². The van der Waals surface area contributed by atoms with Crippen molar-refractivity contribution in [3.8, 4) is 22.8 Å². The minimum absolute atomic E-state index is 0.319. The average molecular weight is 378 g/mol. The first-order chi connectivity index (χ1) is 13.7. The highest BCUT2D eigenvalue weighted by molar-refractivity contribution is 5.94. The third-order valence-corrected chi connectivity index (χ3v) is 3.87. The van der Waals surface area contributed by atoms with E-state index < -0.39 is 0 Å². The summed E-state index contributed by atoms with van der Waals surface area (Å²) in [5.74, 6) is 1.12. The van der Waals surface area contributed by atoms with Crippen LogP contribution in [0.25, 0.3) is 11.3 Å². The zero-order valence-corrected chi connectivity index (χ0v) is 15.8. The van der Waals surface area contributed by atoms with Crippen molar-refractivity contribution >= 4 is 12.1 Å². The largest absolute Gasteiger partial charge is 0.494 e. The maximum Gasteiger partial charge on any atom is 0.289 e. The Labute approximate surface area is 163 Å². The van der Waals surface area contributed by atoms with Gasteiger partial charge in [-0.05, 0) is 56.3 Å². The molecule has 0 saturated heterocycles. The molecular formula is C21H22N4O3. The number of aromatic nitrogens is 2. The van der Waals surface area contributed by atoms with Crippen LogP contribution < -0.4 is 14.9 Å².